The van der Waals surface area contributed by atoms with Crippen molar-refractivity contribution in [3.8, 4) is 0 Å². The van der Waals surface area contributed by atoms with Crippen LogP contribution in [0.1, 0.15) is 32.9 Å². The van der Waals surface area contributed by atoms with Gasteiger partial charge in [0.25, 0.3) is 0 Å². The lowest BCUT2D eigenvalue weighted by molar-refractivity contribution is -0.144. The van der Waals surface area contributed by atoms with Crippen molar-refractivity contribution in [3.63, 3.8) is 0 Å². The third-order valence-electron chi connectivity index (χ3n) is 2.67. The second-order valence-electron chi connectivity index (χ2n) is 4.17. The van der Waals surface area contributed by atoms with Crippen LogP contribution in [-0.2, 0) is 16.1 Å². The number of hydrogen-bond acceptors (Lipinski definition) is 5. The van der Waals surface area contributed by atoms with Crippen LogP contribution in [0.3, 0.4) is 0 Å². The number of amides is 1. The Morgan fingerprint density at radius 1 is 1.56 bits per heavy atom. The molecule has 1 rings (SSSR count). The van der Waals surface area contributed by atoms with Crippen molar-refractivity contribution >= 4 is 28.3 Å². The molecule has 0 aliphatic rings. The molecule has 1 amide bonds. The number of carboxylic acids is 1. The van der Waals surface area contributed by atoms with Gasteiger partial charge in [0, 0.05) is 18.8 Å². The molecule has 0 aromatic carbocycles. The summed E-state index contributed by atoms with van der Waals surface area (Å²) in [6.45, 7) is 5.21. The average molecular weight is 271 g/mol. The first-order chi connectivity index (χ1) is 8.37. The van der Waals surface area contributed by atoms with Crippen molar-refractivity contribution in [2.45, 2.75) is 39.3 Å². The quantitative estimate of drug-likeness (QED) is 0.728. The molecular formula is C11H17N3O3S. The highest BCUT2D eigenvalue weighted by atomic mass is 32.1. The molecule has 18 heavy (non-hydrogen) atoms. The van der Waals surface area contributed by atoms with Crippen LogP contribution in [0.2, 0.25) is 0 Å². The zero-order chi connectivity index (χ0) is 13.8. The second kappa shape index (κ2) is 5.92. The molecule has 6 nitrogen and oxygen atoms in total. The van der Waals surface area contributed by atoms with E-state index in [-0.39, 0.29) is 5.91 Å². The van der Waals surface area contributed by atoms with E-state index < -0.39 is 11.5 Å². The lowest BCUT2D eigenvalue weighted by atomic mass is 9.99. The minimum absolute atomic E-state index is 0.173. The summed E-state index contributed by atoms with van der Waals surface area (Å²) in [7, 11) is 0. The average Bonchev–Trinajstić information content (AvgIpc) is 2.72. The van der Waals surface area contributed by atoms with Gasteiger partial charge in [-0.2, -0.15) is 0 Å². The molecule has 1 heterocycles. The number of thiazole rings is 1. The Balaban J connectivity index is 2.60. The van der Waals surface area contributed by atoms with Gasteiger partial charge in [0.05, 0.1) is 5.69 Å². The van der Waals surface area contributed by atoms with E-state index in [4.69, 9.17) is 5.11 Å². The molecule has 0 aliphatic carbocycles. The lowest BCUT2D eigenvalue weighted by Gasteiger charge is -2.24. The fourth-order valence-electron chi connectivity index (χ4n) is 1.23. The van der Waals surface area contributed by atoms with E-state index in [0.29, 0.717) is 23.8 Å². The number of carbonyl (C=O) groups excluding carboxylic acids is 1. The Bertz CT molecular complexity index is 446. The standard InChI is InChI=1S/C11H17N3O3S/c1-4-11(3,9(16)17)12-5-8-6-18-10(14-8)13-7(2)15/h6,12H,4-5H2,1-3H3,(H,16,17)(H,13,14,15). The number of nitrogens with one attached hydrogen (secondary N) is 2. The molecule has 1 atom stereocenters. The fraction of sp³-hybridized carbons (Fsp3) is 0.545. The van der Waals surface area contributed by atoms with Gasteiger partial charge in [-0.15, -0.1) is 11.3 Å². The summed E-state index contributed by atoms with van der Waals surface area (Å²) < 4.78 is 0. The van der Waals surface area contributed by atoms with Gasteiger partial charge in [-0.3, -0.25) is 14.9 Å². The van der Waals surface area contributed by atoms with Crippen molar-refractivity contribution in [3.05, 3.63) is 11.1 Å². The summed E-state index contributed by atoms with van der Waals surface area (Å²) >= 11 is 1.31. The van der Waals surface area contributed by atoms with Crippen molar-refractivity contribution in [2.24, 2.45) is 0 Å². The number of carboxylic acid groups (broad SMARTS) is 1. The smallest absolute Gasteiger partial charge is 0.323 e. The van der Waals surface area contributed by atoms with Crippen LogP contribution in [-0.4, -0.2) is 27.5 Å². The first kappa shape index (κ1) is 14.6. The van der Waals surface area contributed by atoms with Crippen LogP contribution < -0.4 is 10.6 Å². The fourth-order valence-corrected chi connectivity index (χ4v) is 1.99. The topological polar surface area (TPSA) is 91.3 Å². The molecule has 1 unspecified atom stereocenters. The third kappa shape index (κ3) is 3.78. The van der Waals surface area contributed by atoms with Gasteiger partial charge in [-0.25, -0.2) is 4.98 Å². The molecule has 1 aromatic heterocycles. The molecule has 7 heteroatoms. The Kier molecular flexibility index (Phi) is 4.80. The molecule has 0 radical (unpaired) electrons. The Morgan fingerprint density at radius 2 is 2.22 bits per heavy atom. The van der Waals surface area contributed by atoms with E-state index in [9.17, 15) is 9.59 Å². The van der Waals surface area contributed by atoms with Crippen LogP contribution in [0.25, 0.3) is 0 Å². The number of nitrogens with zero attached hydrogens (tertiary/aromatic N) is 1. The monoisotopic (exact) mass is 271 g/mol. The SMILES string of the molecule is CCC(C)(NCc1csc(NC(C)=O)n1)C(=O)O. The number of rotatable bonds is 6. The van der Waals surface area contributed by atoms with Gasteiger partial charge < -0.3 is 10.4 Å². The molecule has 100 valence electrons. The Hall–Kier alpha value is -1.47. The van der Waals surface area contributed by atoms with E-state index in [1.807, 2.05) is 6.92 Å². The summed E-state index contributed by atoms with van der Waals surface area (Å²) in [4.78, 5) is 26.1. The molecular weight excluding hydrogens is 254 g/mol. The maximum atomic E-state index is 11.1. The predicted molar refractivity (Wildman–Crippen MR) is 69.6 cm³/mol. The van der Waals surface area contributed by atoms with Crippen molar-refractivity contribution < 1.29 is 14.7 Å². The van der Waals surface area contributed by atoms with Gasteiger partial charge in [0.1, 0.15) is 5.54 Å². The van der Waals surface area contributed by atoms with E-state index in [1.54, 1.807) is 12.3 Å². The van der Waals surface area contributed by atoms with E-state index >= 15 is 0 Å². The highest BCUT2D eigenvalue weighted by Gasteiger charge is 2.30. The number of carbonyl (C=O) groups is 2. The maximum absolute atomic E-state index is 11.1. The van der Waals surface area contributed by atoms with E-state index in [2.05, 4.69) is 15.6 Å². The van der Waals surface area contributed by atoms with E-state index in [0.717, 1.165) is 0 Å². The summed E-state index contributed by atoms with van der Waals surface area (Å²) in [6, 6.07) is 0. The highest BCUT2D eigenvalue weighted by molar-refractivity contribution is 7.13. The number of hydrogen-bond donors (Lipinski definition) is 3. The zero-order valence-electron chi connectivity index (χ0n) is 10.6. The van der Waals surface area contributed by atoms with Crippen LogP contribution in [0.15, 0.2) is 5.38 Å². The summed E-state index contributed by atoms with van der Waals surface area (Å²) in [5.41, 5.74) is -0.248. The van der Waals surface area contributed by atoms with Crippen LogP contribution in [0.4, 0.5) is 5.13 Å². The van der Waals surface area contributed by atoms with Gasteiger partial charge in [-0.05, 0) is 13.3 Å². The minimum Gasteiger partial charge on any atom is -0.480 e. The number of aromatic nitrogens is 1. The van der Waals surface area contributed by atoms with Gasteiger partial charge in [0.2, 0.25) is 5.91 Å². The summed E-state index contributed by atoms with van der Waals surface area (Å²) in [5.74, 6) is -1.06. The van der Waals surface area contributed by atoms with Gasteiger partial charge >= 0.3 is 5.97 Å². The zero-order valence-corrected chi connectivity index (χ0v) is 11.4. The molecule has 0 saturated heterocycles. The Labute approximate surface area is 109 Å². The Morgan fingerprint density at radius 3 is 2.72 bits per heavy atom. The van der Waals surface area contributed by atoms with Crippen molar-refractivity contribution in [2.75, 3.05) is 5.32 Å². The molecule has 0 aliphatic heterocycles. The first-order valence-corrected chi connectivity index (χ1v) is 6.45. The van der Waals surface area contributed by atoms with Crippen molar-refractivity contribution in [1.82, 2.24) is 10.3 Å². The van der Waals surface area contributed by atoms with Crippen LogP contribution in [0.5, 0.6) is 0 Å². The number of aliphatic carboxylic acids is 1. The normalized spacial score (nSPS) is 13.9. The lowest BCUT2D eigenvalue weighted by Crippen LogP contribution is -2.48. The molecule has 0 fully saturated rings. The van der Waals surface area contributed by atoms with Crippen LogP contribution in [0, 0.1) is 0 Å². The second-order valence-corrected chi connectivity index (χ2v) is 5.03. The summed E-state index contributed by atoms with van der Waals surface area (Å²) in [5, 5.41) is 16.9. The third-order valence-corrected chi connectivity index (χ3v) is 3.48. The molecule has 0 saturated carbocycles. The van der Waals surface area contributed by atoms with Gasteiger partial charge in [-0.1, -0.05) is 6.92 Å². The van der Waals surface area contributed by atoms with E-state index in [1.165, 1.54) is 18.3 Å². The molecule has 3 N–H and O–H groups in total. The minimum atomic E-state index is -0.961. The highest BCUT2D eigenvalue weighted by Crippen LogP contribution is 2.17. The maximum Gasteiger partial charge on any atom is 0.323 e. The molecule has 0 bridgehead atoms. The van der Waals surface area contributed by atoms with Gasteiger partial charge in [0.15, 0.2) is 5.13 Å². The number of anilines is 1. The first-order valence-electron chi connectivity index (χ1n) is 5.58. The molecule has 0 spiro atoms. The largest absolute Gasteiger partial charge is 0.480 e. The van der Waals surface area contributed by atoms with Crippen molar-refractivity contribution in [1.29, 1.82) is 0 Å². The molecule has 1 aromatic rings. The van der Waals surface area contributed by atoms with Crippen LogP contribution >= 0.6 is 11.3 Å². The predicted octanol–water partition coefficient (Wildman–Crippen LogP) is 1.44. The summed E-state index contributed by atoms with van der Waals surface area (Å²) in [6.07, 6.45) is 0.477.